The minimum atomic E-state index is -4.45. The van der Waals surface area contributed by atoms with E-state index in [1.54, 1.807) is 42.5 Å². The predicted octanol–water partition coefficient (Wildman–Crippen LogP) is 5.58. The fraction of sp³-hybridized carbons (Fsp3) is 0.250. The number of carbonyl (C=O) groups excluding carboxylic acids is 1. The third-order valence-corrected chi connectivity index (χ3v) is 5.96. The van der Waals surface area contributed by atoms with Crippen LogP contribution < -0.4 is 5.32 Å². The molecule has 2 atom stereocenters. The van der Waals surface area contributed by atoms with Crippen LogP contribution in [0.2, 0.25) is 0 Å². The van der Waals surface area contributed by atoms with Gasteiger partial charge in [-0.3, -0.25) is 4.79 Å². The molecule has 1 aliphatic heterocycles. The van der Waals surface area contributed by atoms with Crippen LogP contribution in [0.4, 0.5) is 17.6 Å². The Morgan fingerprint density at radius 3 is 2.19 bits per heavy atom. The van der Waals surface area contributed by atoms with Gasteiger partial charge in [0.15, 0.2) is 5.76 Å². The molecule has 37 heavy (non-hydrogen) atoms. The van der Waals surface area contributed by atoms with Crippen LogP contribution in [0.15, 0.2) is 84.6 Å². The number of aliphatic hydroxyl groups excluding tert-OH is 1. The third-order valence-electron chi connectivity index (χ3n) is 5.96. The van der Waals surface area contributed by atoms with Crippen molar-refractivity contribution in [2.45, 2.75) is 44.6 Å². The summed E-state index contributed by atoms with van der Waals surface area (Å²) in [4.78, 5) is 12.9. The average Bonchev–Trinajstić information content (AvgIpc) is 2.91. The Hall–Kier alpha value is -3.69. The fourth-order valence-corrected chi connectivity index (χ4v) is 3.87. The Kier molecular flexibility index (Phi) is 8.25. The maximum absolute atomic E-state index is 13.1. The summed E-state index contributed by atoms with van der Waals surface area (Å²) in [7, 11) is 0. The summed E-state index contributed by atoms with van der Waals surface area (Å²) in [5.74, 6) is -1.36. The molecule has 1 heterocycles. The number of amides is 1. The Balaban J connectivity index is 1.49. The van der Waals surface area contributed by atoms with Crippen molar-refractivity contribution in [3.8, 4) is 0 Å². The van der Waals surface area contributed by atoms with Gasteiger partial charge in [0.2, 0.25) is 6.29 Å². The minimum Gasteiger partial charge on any atom is -0.459 e. The second kappa shape index (κ2) is 11.6. The number of ether oxygens (including phenoxy) is 2. The van der Waals surface area contributed by atoms with E-state index < -0.39 is 35.7 Å². The van der Waals surface area contributed by atoms with Gasteiger partial charge in [-0.15, -0.1) is 0 Å². The molecule has 0 spiro atoms. The zero-order chi connectivity index (χ0) is 26.4. The Morgan fingerprint density at radius 2 is 1.57 bits per heavy atom. The van der Waals surface area contributed by atoms with Gasteiger partial charge in [-0.05, 0) is 52.6 Å². The van der Waals surface area contributed by atoms with Gasteiger partial charge < -0.3 is 19.9 Å². The van der Waals surface area contributed by atoms with E-state index in [1.807, 2.05) is 0 Å². The fourth-order valence-electron chi connectivity index (χ4n) is 3.87. The number of alkyl halides is 3. The summed E-state index contributed by atoms with van der Waals surface area (Å²) in [6.07, 6.45) is -3.43. The lowest BCUT2D eigenvalue weighted by atomic mass is 9.92. The number of carbonyl (C=O) groups is 1. The van der Waals surface area contributed by atoms with Crippen LogP contribution in [0.1, 0.15) is 40.2 Å². The third kappa shape index (κ3) is 7.18. The van der Waals surface area contributed by atoms with Crippen molar-refractivity contribution in [3.05, 3.63) is 118 Å². The molecule has 2 N–H and O–H groups in total. The monoisotopic (exact) mass is 515 g/mol. The van der Waals surface area contributed by atoms with Gasteiger partial charge in [0.05, 0.1) is 18.8 Å². The molecule has 5 nitrogen and oxygen atoms in total. The van der Waals surface area contributed by atoms with Crippen LogP contribution in [-0.4, -0.2) is 17.3 Å². The van der Waals surface area contributed by atoms with Crippen molar-refractivity contribution in [3.63, 3.8) is 0 Å². The van der Waals surface area contributed by atoms with Crippen LogP contribution in [0.3, 0.4) is 0 Å². The summed E-state index contributed by atoms with van der Waals surface area (Å²) in [5, 5.41) is 11.9. The Morgan fingerprint density at radius 1 is 0.946 bits per heavy atom. The molecule has 1 aliphatic rings. The molecule has 0 saturated carbocycles. The molecule has 0 bridgehead atoms. The van der Waals surface area contributed by atoms with Crippen molar-refractivity contribution in [1.29, 1.82) is 0 Å². The number of halogens is 4. The molecule has 4 rings (SSSR count). The second-order valence-electron chi connectivity index (χ2n) is 8.64. The molecule has 0 radical (unpaired) electrons. The number of rotatable bonds is 8. The van der Waals surface area contributed by atoms with Crippen LogP contribution in [0.25, 0.3) is 0 Å². The Labute approximate surface area is 211 Å². The van der Waals surface area contributed by atoms with Crippen LogP contribution >= 0.6 is 0 Å². The van der Waals surface area contributed by atoms with E-state index in [9.17, 15) is 27.5 Å². The van der Waals surface area contributed by atoms with E-state index >= 15 is 0 Å². The number of hydrogen-bond acceptors (Lipinski definition) is 4. The summed E-state index contributed by atoms with van der Waals surface area (Å²) >= 11 is 0. The van der Waals surface area contributed by atoms with Gasteiger partial charge in [0.25, 0.3) is 5.91 Å². The standard InChI is InChI=1S/C28H25F4NO4/c29-24-11-5-18(6-12-24)15-33-27(35)25-13-22(21-7-9-23(10-8-21)28(30,31)32)14-26(37-25)36-17-20-3-1-19(16-34)2-4-20/h1-13,22,26,34H,14-17H2,(H,33,35)/t22-,26+/m0/s1. The van der Waals surface area contributed by atoms with Crippen LogP contribution in [0.5, 0.6) is 0 Å². The Bertz CT molecular complexity index is 1220. The number of nitrogens with one attached hydrogen (secondary N) is 1. The average molecular weight is 516 g/mol. The molecule has 194 valence electrons. The largest absolute Gasteiger partial charge is 0.459 e. The lowest BCUT2D eigenvalue weighted by molar-refractivity contribution is -0.150. The van der Waals surface area contributed by atoms with Crippen molar-refractivity contribution in [2.24, 2.45) is 0 Å². The van der Waals surface area contributed by atoms with E-state index in [4.69, 9.17) is 9.47 Å². The lowest BCUT2D eigenvalue weighted by Crippen LogP contribution is -2.32. The van der Waals surface area contributed by atoms with Crippen molar-refractivity contribution in [1.82, 2.24) is 5.32 Å². The minimum absolute atomic E-state index is 0.0149. The summed E-state index contributed by atoms with van der Waals surface area (Å²) in [5.41, 5.74) is 2.08. The summed E-state index contributed by atoms with van der Waals surface area (Å²) in [6.45, 7) is 0.219. The maximum Gasteiger partial charge on any atom is 0.416 e. The normalized spacial score (nSPS) is 17.6. The molecular weight excluding hydrogens is 490 g/mol. The second-order valence-corrected chi connectivity index (χ2v) is 8.64. The summed E-state index contributed by atoms with van der Waals surface area (Å²) < 4.78 is 63.9. The first-order valence-electron chi connectivity index (χ1n) is 11.6. The number of hydrogen-bond donors (Lipinski definition) is 2. The molecule has 3 aromatic carbocycles. The van der Waals surface area contributed by atoms with E-state index in [0.717, 1.165) is 23.3 Å². The van der Waals surface area contributed by atoms with Crippen molar-refractivity contribution in [2.75, 3.05) is 0 Å². The first-order valence-corrected chi connectivity index (χ1v) is 11.6. The zero-order valence-electron chi connectivity index (χ0n) is 19.7. The maximum atomic E-state index is 13.1. The highest BCUT2D eigenvalue weighted by atomic mass is 19.4. The lowest BCUT2D eigenvalue weighted by Gasteiger charge is -2.29. The molecule has 0 unspecified atom stereocenters. The molecule has 0 aromatic heterocycles. The highest BCUT2D eigenvalue weighted by Crippen LogP contribution is 2.34. The van der Waals surface area contributed by atoms with Gasteiger partial charge in [0, 0.05) is 18.9 Å². The van der Waals surface area contributed by atoms with Crippen LogP contribution in [0, 0.1) is 5.82 Å². The predicted molar refractivity (Wildman–Crippen MR) is 127 cm³/mol. The van der Waals surface area contributed by atoms with Crippen molar-refractivity contribution >= 4 is 5.91 Å². The van der Waals surface area contributed by atoms with Crippen molar-refractivity contribution < 1.29 is 36.9 Å². The van der Waals surface area contributed by atoms with Gasteiger partial charge in [-0.2, -0.15) is 13.2 Å². The highest BCUT2D eigenvalue weighted by Gasteiger charge is 2.32. The van der Waals surface area contributed by atoms with Crippen LogP contribution in [-0.2, 0) is 40.2 Å². The van der Waals surface area contributed by atoms with E-state index in [2.05, 4.69) is 5.32 Å². The quantitative estimate of drug-likeness (QED) is 0.384. The SMILES string of the molecule is O=C(NCc1ccc(F)cc1)C1=C[C@H](c2ccc(C(F)(F)F)cc2)C[C@H](OCc2ccc(CO)cc2)O1. The van der Waals surface area contributed by atoms with Gasteiger partial charge in [0.1, 0.15) is 5.82 Å². The first-order chi connectivity index (χ1) is 17.7. The molecule has 0 aliphatic carbocycles. The smallest absolute Gasteiger partial charge is 0.416 e. The number of allylic oxidation sites excluding steroid dienone is 1. The molecule has 0 saturated heterocycles. The first kappa shape index (κ1) is 26.4. The van der Waals surface area contributed by atoms with Gasteiger partial charge in [-0.25, -0.2) is 4.39 Å². The summed E-state index contributed by atoms with van der Waals surface area (Å²) in [6, 6.07) is 17.6. The van der Waals surface area contributed by atoms with E-state index in [0.29, 0.717) is 11.1 Å². The topological polar surface area (TPSA) is 67.8 Å². The zero-order valence-corrected chi connectivity index (χ0v) is 19.7. The number of aliphatic hydroxyl groups is 1. The van der Waals surface area contributed by atoms with Gasteiger partial charge in [-0.1, -0.05) is 48.5 Å². The van der Waals surface area contributed by atoms with E-state index in [-0.39, 0.29) is 31.9 Å². The molecule has 9 heteroatoms. The highest BCUT2D eigenvalue weighted by molar-refractivity contribution is 5.91. The molecular formula is C28H25F4NO4. The van der Waals surface area contributed by atoms with E-state index in [1.165, 1.54) is 24.3 Å². The molecule has 1 amide bonds. The van der Waals surface area contributed by atoms with Gasteiger partial charge >= 0.3 is 6.18 Å². The molecule has 3 aromatic rings. The molecule has 0 fully saturated rings. The number of benzene rings is 3.